The molecule has 1 N–H and O–H groups in total. The Hall–Kier alpha value is -3.01. The molecule has 1 saturated heterocycles. The number of hydrogen-bond donors (Lipinski definition) is 1. The number of Topliss-reactive ketones (excluding diaryl/α,β-unsaturated/α-hetero) is 1. The number of aromatic nitrogens is 4. The first-order valence-electron chi connectivity index (χ1n) is 11.3. The number of carbonyl (C=O) groups is 2. The smallest absolute Gasteiger partial charge is 0.274 e. The summed E-state index contributed by atoms with van der Waals surface area (Å²) in [6, 6.07) is 1.06. The Morgan fingerprint density at radius 2 is 1.97 bits per heavy atom. The van der Waals surface area contributed by atoms with E-state index in [0.29, 0.717) is 47.5 Å². The zero-order chi connectivity index (χ0) is 24.6. The minimum Gasteiger partial charge on any atom is -0.348 e. The van der Waals surface area contributed by atoms with Crippen molar-refractivity contribution < 1.29 is 14.0 Å². The molecule has 0 spiro atoms. The van der Waals surface area contributed by atoms with Crippen molar-refractivity contribution in [2.75, 3.05) is 18.4 Å². The van der Waals surface area contributed by atoms with Crippen molar-refractivity contribution in [2.24, 2.45) is 11.3 Å². The zero-order valence-electron chi connectivity index (χ0n) is 20.1. The van der Waals surface area contributed by atoms with Gasteiger partial charge in [0.15, 0.2) is 11.3 Å². The van der Waals surface area contributed by atoms with Gasteiger partial charge in [-0.15, -0.1) is 11.3 Å². The molecule has 8 nitrogen and oxygen atoms in total. The minimum absolute atomic E-state index is 0.0327. The van der Waals surface area contributed by atoms with Gasteiger partial charge in [0, 0.05) is 38.0 Å². The van der Waals surface area contributed by atoms with E-state index in [9.17, 15) is 14.0 Å². The lowest BCUT2D eigenvalue weighted by molar-refractivity contribution is -0.122. The normalized spacial score (nSPS) is 15.3. The van der Waals surface area contributed by atoms with Gasteiger partial charge in [0.05, 0.1) is 17.2 Å². The number of ketones is 1. The van der Waals surface area contributed by atoms with Gasteiger partial charge in [-0.05, 0) is 30.9 Å². The van der Waals surface area contributed by atoms with Gasteiger partial charge >= 0.3 is 0 Å². The van der Waals surface area contributed by atoms with Crippen LogP contribution in [-0.2, 0) is 4.79 Å². The summed E-state index contributed by atoms with van der Waals surface area (Å²) in [6.07, 6.45) is 3.74. The van der Waals surface area contributed by atoms with Crippen molar-refractivity contribution >= 4 is 39.3 Å². The van der Waals surface area contributed by atoms with E-state index >= 15 is 0 Å². The number of thiazole rings is 1. The molecule has 1 aliphatic rings. The summed E-state index contributed by atoms with van der Waals surface area (Å²) in [5.41, 5.74) is 1.35. The van der Waals surface area contributed by atoms with E-state index in [1.165, 1.54) is 17.4 Å². The highest BCUT2D eigenvalue weighted by molar-refractivity contribution is 7.18. The summed E-state index contributed by atoms with van der Waals surface area (Å²) in [6.45, 7) is 10.9. The molecule has 1 fully saturated rings. The summed E-state index contributed by atoms with van der Waals surface area (Å²) in [5.74, 6) is 0.0349. The standard InChI is InChI=1S/C24H29FN6O2S/c1-13(16-7-17(25)10-26-9-16)27-23-29-19(20-21(30-23)28-14(2)34-20)22(33)31-11-15(12-31)6-18(32)8-24(3,4)5/h7,9-10,13,15H,6,8,11-12H2,1-5H3,(H,27,29,30)/t13-/m0/s1. The molecule has 3 aromatic rings. The third-order valence-electron chi connectivity index (χ3n) is 5.62. The Morgan fingerprint density at radius 3 is 2.65 bits per heavy atom. The number of anilines is 1. The molecule has 1 atom stereocenters. The van der Waals surface area contributed by atoms with Crippen LogP contribution in [0.5, 0.6) is 0 Å². The van der Waals surface area contributed by atoms with Crippen LogP contribution in [-0.4, -0.2) is 49.6 Å². The van der Waals surface area contributed by atoms with Crippen molar-refractivity contribution in [3.05, 3.63) is 40.5 Å². The fourth-order valence-corrected chi connectivity index (χ4v) is 4.92. The van der Waals surface area contributed by atoms with Crippen molar-refractivity contribution in [1.82, 2.24) is 24.8 Å². The predicted molar refractivity (Wildman–Crippen MR) is 129 cm³/mol. The monoisotopic (exact) mass is 484 g/mol. The van der Waals surface area contributed by atoms with Gasteiger partial charge in [-0.25, -0.2) is 14.4 Å². The number of hydrogen-bond acceptors (Lipinski definition) is 8. The first kappa shape index (κ1) is 24.1. The number of nitrogens with zero attached hydrogens (tertiary/aromatic N) is 5. The molecule has 0 aromatic carbocycles. The third kappa shape index (κ3) is 5.55. The molecule has 0 saturated carbocycles. The summed E-state index contributed by atoms with van der Waals surface area (Å²) in [5, 5.41) is 3.92. The predicted octanol–water partition coefficient (Wildman–Crippen LogP) is 4.57. The van der Waals surface area contributed by atoms with Crippen molar-refractivity contribution in [2.45, 2.75) is 53.5 Å². The van der Waals surface area contributed by atoms with Crippen molar-refractivity contribution in [3.63, 3.8) is 0 Å². The highest BCUT2D eigenvalue weighted by Crippen LogP contribution is 2.30. The van der Waals surface area contributed by atoms with Crippen LogP contribution in [0.3, 0.4) is 0 Å². The molecule has 4 heterocycles. The molecule has 4 rings (SSSR count). The maximum atomic E-state index is 13.6. The molecule has 0 bridgehead atoms. The van der Waals surface area contributed by atoms with Gasteiger partial charge in [0.25, 0.3) is 5.91 Å². The van der Waals surface area contributed by atoms with Crippen LogP contribution in [0.1, 0.15) is 67.6 Å². The number of aryl methyl sites for hydroxylation is 1. The number of fused-ring (bicyclic) bond motifs is 1. The van der Waals surface area contributed by atoms with Gasteiger partial charge in [0.2, 0.25) is 5.95 Å². The topological polar surface area (TPSA) is 101 Å². The van der Waals surface area contributed by atoms with E-state index in [-0.39, 0.29) is 35.0 Å². The Balaban J connectivity index is 1.50. The van der Waals surface area contributed by atoms with Crippen molar-refractivity contribution in [3.8, 4) is 0 Å². The van der Waals surface area contributed by atoms with Crippen LogP contribution in [0.15, 0.2) is 18.5 Å². The molecular formula is C24H29FN6O2S. The molecule has 10 heteroatoms. The van der Waals surface area contributed by atoms with E-state index in [4.69, 9.17) is 0 Å². The molecule has 0 unspecified atom stereocenters. The Labute approximate surface area is 202 Å². The number of rotatable bonds is 7. The highest BCUT2D eigenvalue weighted by Gasteiger charge is 2.35. The molecule has 34 heavy (non-hydrogen) atoms. The lowest BCUT2D eigenvalue weighted by Gasteiger charge is -2.39. The molecule has 3 aromatic heterocycles. The molecule has 0 radical (unpaired) electrons. The Bertz CT molecular complexity index is 1230. The number of carbonyl (C=O) groups excluding carboxylic acids is 2. The molecule has 1 aliphatic heterocycles. The van der Waals surface area contributed by atoms with Crippen LogP contribution in [0, 0.1) is 24.1 Å². The van der Waals surface area contributed by atoms with Crippen LogP contribution >= 0.6 is 11.3 Å². The maximum absolute atomic E-state index is 13.6. The van der Waals surface area contributed by atoms with Gasteiger partial charge in [0.1, 0.15) is 16.3 Å². The molecular weight excluding hydrogens is 455 g/mol. The van der Waals surface area contributed by atoms with Crippen LogP contribution in [0.25, 0.3) is 10.3 Å². The first-order chi connectivity index (χ1) is 16.0. The summed E-state index contributed by atoms with van der Waals surface area (Å²) in [7, 11) is 0. The Kier molecular flexibility index (Phi) is 6.62. The fourth-order valence-electron chi connectivity index (χ4n) is 4.08. The minimum atomic E-state index is -0.429. The van der Waals surface area contributed by atoms with E-state index in [2.05, 4.69) is 46.0 Å². The maximum Gasteiger partial charge on any atom is 0.274 e. The summed E-state index contributed by atoms with van der Waals surface area (Å²) in [4.78, 5) is 44.6. The lowest BCUT2D eigenvalue weighted by Crippen LogP contribution is -2.50. The number of likely N-dealkylation sites (tertiary alicyclic amines) is 1. The molecule has 1 amide bonds. The fraction of sp³-hybridized carbons (Fsp3) is 0.500. The van der Waals surface area contributed by atoms with E-state index in [0.717, 1.165) is 11.2 Å². The summed E-state index contributed by atoms with van der Waals surface area (Å²) >= 11 is 1.38. The summed E-state index contributed by atoms with van der Waals surface area (Å²) < 4.78 is 14.2. The average Bonchev–Trinajstić information content (AvgIpc) is 3.08. The van der Waals surface area contributed by atoms with Crippen LogP contribution in [0.2, 0.25) is 0 Å². The zero-order valence-corrected chi connectivity index (χ0v) is 20.9. The quantitative estimate of drug-likeness (QED) is 0.524. The van der Waals surface area contributed by atoms with Gasteiger partial charge in [-0.1, -0.05) is 20.8 Å². The van der Waals surface area contributed by atoms with Gasteiger partial charge in [-0.2, -0.15) is 4.98 Å². The second-order valence-corrected chi connectivity index (χ2v) is 11.3. The van der Waals surface area contributed by atoms with Crippen molar-refractivity contribution in [1.29, 1.82) is 0 Å². The van der Waals surface area contributed by atoms with Gasteiger partial charge < -0.3 is 10.2 Å². The lowest BCUT2D eigenvalue weighted by atomic mass is 9.85. The highest BCUT2D eigenvalue weighted by atomic mass is 32.1. The second-order valence-electron chi connectivity index (χ2n) is 10.1. The Morgan fingerprint density at radius 1 is 1.24 bits per heavy atom. The number of pyridine rings is 1. The van der Waals surface area contributed by atoms with Crippen LogP contribution in [0.4, 0.5) is 10.3 Å². The SMILES string of the molecule is Cc1nc2nc(N[C@@H](C)c3cncc(F)c3)nc(C(=O)N3CC(CC(=O)CC(C)(C)C)C3)c2s1. The number of nitrogens with one attached hydrogen (secondary N) is 1. The van der Waals surface area contributed by atoms with Gasteiger partial charge in [-0.3, -0.25) is 14.6 Å². The van der Waals surface area contributed by atoms with E-state index in [1.54, 1.807) is 11.1 Å². The molecule has 0 aliphatic carbocycles. The van der Waals surface area contributed by atoms with Crippen LogP contribution < -0.4 is 5.32 Å². The molecule has 180 valence electrons. The van der Waals surface area contributed by atoms with E-state index < -0.39 is 5.82 Å². The largest absolute Gasteiger partial charge is 0.348 e. The second kappa shape index (κ2) is 9.32. The average molecular weight is 485 g/mol. The van der Waals surface area contributed by atoms with E-state index in [1.807, 2.05) is 13.8 Å². The third-order valence-corrected chi connectivity index (χ3v) is 6.59. The number of amides is 1. The number of halogens is 1. The first-order valence-corrected chi connectivity index (χ1v) is 12.1.